The first-order valence-electron chi connectivity index (χ1n) is 29.2. The number of piperazine rings is 1. The topological polar surface area (TPSA) is 187 Å². The number of oxazole rings is 1. The number of carbonyl (C=O) groups is 3. The van der Waals surface area contributed by atoms with Crippen molar-refractivity contribution >= 4 is 34.4 Å². The number of rotatable bonds is 13. The lowest BCUT2D eigenvalue weighted by Crippen LogP contribution is -2.63. The van der Waals surface area contributed by atoms with E-state index >= 15 is 4.79 Å². The zero-order valence-electron chi connectivity index (χ0n) is 46.4. The molecule has 0 unspecified atom stereocenters. The summed E-state index contributed by atoms with van der Waals surface area (Å²) in [5.41, 5.74) is 9.97. The molecule has 6 bridgehead atoms. The number of carbonyl (C=O) groups excluding carboxylic acids is 3. The van der Waals surface area contributed by atoms with Crippen LogP contribution < -0.4 is 15.6 Å². The van der Waals surface area contributed by atoms with Crippen molar-refractivity contribution in [3.05, 3.63) is 53.7 Å². The highest BCUT2D eigenvalue weighted by Crippen LogP contribution is 2.52. The second-order valence-corrected chi connectivity index (χ2v) is 24.1. The standard InChI is InChI=1S/C59H81N9O10/c1-36-49(48-9-7-24-76-48)50(36)55(69)62-52-54(66-21-27-74-28-22-66)46-34-77-56(61-46)38-10-13-47-42(30-38)44(32-59(3,4)35-78-58(71)45-8-6-16-68(63-45)57(52)70)53(67(47)23-29-75-41-14-25-73-26-15-41)43-31-40(33-60-51(43)37(2)72-5)65-19-17-64(18-20-65)39-11-12-39/h10,13,30-31,33-34,36-37,39,41,45,48-50,52,54,63H,6-9,11-12,14-29,32,35H2,1-5H3,(H,62,69)/t36-,37-,45-,48+,49-,50+,52-,54+/m0/s1. The zero-order chi connectivity index (χ0) is 53.7. The predicted molar refractivity (Wildman–Crippen MR) is 291 cm³/mol. The minimum Gasteiger partial charge on any atom is -0.464 e. The second kappa shape index (κ2) is 22.9. The molecule has 4 aromatic rings. The van der Waals surface area contributed by atoms with E-state index in [0.29, 0.717) is 96.7 Å². The zero-order valence-corrected chi connectivity index (χ0v) is 46.4. The van der Waals surface area contributed by atoms with Gasteiger partial charge in [-0.2, -0.15) is 0 Å². The van der Waals surface area contributed by atoms with Crippen molar-refractivity contribution in [3.63, 3.8) is 0 Å². The number of hydrazine groups is 1. The Kier molecular flexibility index (Phi) is 15.7. The molecule has 8 atom stereocenters. The van der Waals surface area contributed by atoms with Gasteiger partial charge < -0.3 is 47.6 Å². The highest BCUT2D eigenvalue weighted by Gasteiger charge is 2.57. The molecule has 5 saturated heterocycles. The number of methoxy groups -OCH3 is 1. The lowest BCUT2D eigenvalue weighted by molar-refractivity contribution is -0.156. The fraction of sp³-hybridized carbons (Fsp3) is 0.678. The molecule has 422 valence electrons. The molecule has 1 aromatic carbocycles. The second-order valence-electron chi connectivity index (χ2n) is 24.1. The minimum absolute atomic E-state index is 0.0252. The van der Waals surface area contributed by atoms with Gasteiger partial charge in [0.2, 0.25) is 11.8 Å². The third-order valence-corrected chi connectivity index (χ3v) is 18.2. The number of esters is 1. The van der Waals surface area contributed by atoms with Gasteiger partial charge in [0.1, 0.15) is 18.3 Å². The Morgan fingerprint density at radius 2 is 1.72 bits per heavy atom. The van der Waals surface area contributed by atoms with E-state index in [1.54, 1.807) is 13.4 Å². The summed E-state index contributed by atoms with van der Waals surface area (Å²) in [7, 11) is 1.73. The summed E-state index contributed by atoms with van der Waals surface area (Å²) < 4.78 is 45.8. The molecule has 7 fully saturated rings. The Bertz CT molecular complexity index is 2790. The predicted octanol–water partition coefficient (Wildman–Crippen LogP) is 6.09. The minimum atomic E-state index is -1.09. The summed E-state index contributed by atoms with van der Waals surface area (Å²) in [6.45, 7) is 17.8. The third kappa shape index (κ3) is 11.1. The number of hydrogen-bond donors (Lipinski definition) is 2. The van der Waals surface area contributed by atoms with Gasteiger partial charge >= 0.3 is 5.97 Å². The van der Waals surface area contributed by atoms with Gasteiger partial charge in [-0.1, -0.05) is 20.8 Å². The number of nitrogens with one attached hydrogen (secondary N) is 2. The number of benzene rings is 1. The van der Waals surface area contributed by atoms with Gasteiger partial charge in [-0.15, -0.1) is 0 Å². The van der Waals surface area contributed by atoms with Gasteiger partial charge in [0, 0.05) is 125 Å². The van der Waals surface area contributed by atoms with Gasteiger partial charge in [-0.3, -0.25) is 34.2 Å². The first-order valence-corrected chi connectivity index (χ1v) is 29.2. The van der Waals surface area contributed by atoms with Crippen molar-refractivity contribution < 1.29 is 47.2 Å². The number of amides is 2. The molecular weight excluding hydrogens is 995 g/mol. The Balaban J connectivity index is 0.990. The van der Waals surface area contributed by atoms with Crippen molar-refractivity contribution in [1.29, 1.82) is 0 Å². The number of hydrogen-bond acceptors (Lipinski definition) is 16. The van der Waals surface area contributed by atoms with Gasteiger partial charge in [-0.25, -0.2) is 10.4 Å². The molecule has 9 heterocycles. The third-order valence-electron chi connectivity index (χ3n) is 18.2. The molecule has 19 nitrogen and oxygen atoms in total. The summed E-state index contributed by atoms with van der Waals surface area (Å²) in [6.07, 6.45) is 11.2. The number of nitrogens with zero attached hydrogens (tertiary/aromatic N) is 7. The smallest absolute Gasteiger partial charge is 0.324 e. The van der Waals surface area contributed by atoms with Crippen LogP contribution in [0.15, 0.2) is 41.1 Å². The number of morpholine rings is 1. The van der Waals surface area contributed by atoms with E-state index in [1.807, 2.05) is 6.20 Å². The number of anilines is 1. The average Bonchev–Trinajstić information content (AvgIpc) is 4.41. The largest absolute Gasteiger partial charge is 0.464 e. The SMILES string of the molecule is CO[C@@H](C)c1ncc(N2CCN(C3CC3)CC2)cc1-c1c2c3cc(ccc3n1CCOC1CCOCC1)-c1nc(co1)[C@@H](N1CCOCC1)[C@H](NC(=O)[C@@H]1[C@@H](C)[C@H]1[C@H]1CCCO1)C(=O)N1CCC[C@H](N1)C(=O)OCC(C)(C)C2. The van der Waals surface area contributed by atoms with E-state index in [4.69, 9.17) is 42.8 Å². The molecule has 2 aliphatic carbocycles. The number of pyridine rings is 1. The number of aromatic nitrogens is 3. The fourth-order valence-electron chi connectivity index (χ4n) is 13.5. The molecule has 2 amide bonds. The van der Waals surface area contributed by atoms with Gasteiger partial charge in [0.05, 0.1) is 79.7 Å². The van der Waals surface area contributed by atoms with E-state index in [2.05, 4.69) is 82.0 Å². The Morgan fingerprint density at radius 3 is 2.47 bits per heavy atom. The van der Waals surface area contributed by atoms with Gasteiger partial charge in [-0.05, 0) is 100 Å². The highest BCUT2D eigenvalue weighted by atomic mass is 16.5. The summed E-state index contributed by atoms with van der Waals surface area (Å²) >= 11 is 0. The lowest BCUT2D eigenvalue weighted by Gasteiger charge is -2.41. The van der Waals surface area contributed by atoms with Gasteiger partial charge in [0.25, 0.3) is 5.91 Å². The van der Waals surface area contributed by atoms with Crippen LogP contribution in [0, 0.1) is 23.2 Å². The average molecular weight is 1080 g/mol. The van der Waals surface area contributed by atoms with E-state index in [-0.39, 0.29) is 54.5 Å². The molecule has 2 N–H and O–H groups in total. The molecule has 19 heteroatoms. The van der Waals surface area contributed by atoms with Crippen LogP contribution in [-0.4, -0.2) is 177 Å². The Morgan fingerprint density at radius 1 is 0.923 bits per heavy atom. The van der Waals surface area contributed by atoms with Gasteiger partial charge in [0.15, 0.2) is 0 Å². The molecule has 0 radical (unpaired) electrons. The van der Waals surface area contributed by atoms with Crippen LogP contribution in [0.4, 0.5) is 5.69 Å². The number of ether oxygens (including phenoxy) is 6. The maximum atomic E-state index is 15.3. The maximum absolute atomic E-state index is 15.3. The van der Waals surface area contributed by atoms with Crippen molar-refractivity contribution in [3.8, 4) is 22.7 Å². The normalized spacial score (nSPS) is 29.1. The van der Waals surface area contributed by atoms with Crippen molar-refractivity contribution in [2.24, 2.45) is 23.2 Å². The summed E-state index contributed by atoms with van der Waals surface area (Å²) in [5, 5.41) is 5.82. The van der Waals surface area contributed by atoms with Crippen molar-refractivity contribution in [1.82, 2.24) is 40.1 Å². The van der Waals surface area contributed by atoms with E-state index in [1.165, 1.54) is 17.9 Å². The monoisotopic (exact) mass is 1080 g/mol. The molecule has 8 aliphatic rings. The van der Waals surface area contributed by atoms with Crippen LogP contribution in [0.1, 0.15) is 108 Å². The van der Waals surface area contributed by atoms with Crippen molar-refractivity contribution in [2.75, 3.05) is 104 Å². The highest BCUT2D eigenvalue weighted by molar-refractivity contribution is 5.95. The molecule has 6 aliphatic heterocycles. The van der Waals surface area contributed by atoms with Crippen LogP contribution >= 0.6 is 0 Å². The molecular formula is C59H81N9O10. The summed E-state index contributed by atoms with van der Waals surface area (Å²) in [4.78, 5) is 62.3. The van der Waals surface area contributed by atoms with E-state index < -0.39 is 29.5 Å². The molecule has 78 heavy (non-hydrogen) atoms. The quantitative estimate of drug-likeness (QED) is 0.147. The maximum Gasteiger partial charge on any atom is 0.324 e. The molecule has 3 aromatic heterocycles. The summed E-state index contributed by atoms with van der Waals surface area (Å²) in [5.74, 6) is -0.677. The number of fused-ring (bicyclic) bond motifs is 6. The van der Waals surface area contributed by atoms with Crippen LogP contribution in [0.3, 0.4) is 0 Å². The Hall–Kier alpha value is -4.99. The first kappa shape index (κ1) is 53.6. The molecule has 2 saturated carbocycles. The Labute approximate surface area is 458 Å². The first-order chi connectivity index (χ1) is 37.9. The van der Waals surface area contributed by atoms with Crippen molar-refractivity contribution in [2.45, 2.75) is 135 Å². The van der Waals surface area contributed by atoms with Crippen LogP contribution in [-0.2, 0) is 55.8 Å². The van der Waals surface area contributed by atoms with E-state index in [9.17, 15) is 9.59 Å². The lowest BCUT2D eigenvalue weighted by atomic mass is 9.84. The molecule has 12 rings (SSSR count). The summed E-state index contributed by atoms with van der Waals surface area (Å²) in [6, 6.07) is 6.83. The molecule has 0 spiro atoms. The van der Waals surface area contributed by atoms with Crippen LogP contribution in [0.5, 0.6) is 0 Å². The van der Waals surface area contributed by atoms with Crippen LogP contribution in [0.2, 0.25) is 0 Å². The van der Waals surface area contributed by atoms with E-state index in [0.717, 1.165) is 103 Å². The number of cyclic esters (lactones) is 1. The fourth-order valence-corrected chi connectivity index (χ4v) is 13.5. The van der Waals surface area contributed by atoms with Crippen LogP contribution in [0.25, 0.3) is 33.6 Å².